The summed E-state index contributed by atoms with van der Waals surface area (Å²) in [5.74, 6) is 1.57. The van der Waals surface area contributed by atoms with Crippen LogP contribution < -0.4 is 5.32 Å². The van der Waals surface area contributed by atoms with Crippen LogP contribution >= 0.6 is 0 Å². The molecule has 2 rings (SSSR count). The quantitative estimate of drug-likeness (QED) is 0.842. The monoisotopic (exact) mass is 234 g/mol. The molecule has 1 atom stereocenters. The van der Waals surface area contributed by atoms with Crippen LogP contribution in [0.15, 0.2) is 6.07 Å². The van der Waals surface area contributed by atoms with Gasteiger partial charge in [0.15, 0.2) is 0 Å². The average molecular weight is 234 g/mol. The number of aryl methyl sites for hydroxylation is 1. The maximum absolute atomic E-state index is 4.71. The Morgan fingerprint density at radius 3 is 2.94 bits per heavy atom. The van der Waals surface area contributed by atoms with Crippen LogP contribution in [-0.2, 0) is 6.42 Å². The van der Waals surface area contributed by atoms with E-state index in [1.165, 1.54) is 18.7 Å². The smallest absolute Gasteiger partial charge is 0.130 e. The minimum atomic E-state index is 0.593. The second-order valence-corrected chi connectivity index (χ2v) is 4.95. The first-order chi connectivity index (χ1) is 8.19. The van der Waals surface area contributed by atoms with Gasteiger partial charge in [-0.2, -0.15) is 0 Å². The van der Waals surface area contributed by atoms with E-state index < -0.39 is 0 Å². The summed E-state index contributed by atoms with van der Waals surface area (Å²) in [6.07, 6.45) is 2.13. The summed E-state index contributed by atoms with van der Waals surface area (Å²) >= 11 is 0. The topological polar surface area (TPSA) is 41.1 Å². The van der Waals surface area contributed by atoms with Gasteiger partial charge in [-0.1, -0.05) is 0 Å². The summed E-state index contributed by atoms with van der Waals surface area (Å²) in [4.78, 5) is 11.6. The molecule has 1 aliphatic heterocycles. The van der Waals surface area contributed by atoms with E-state index in [0.717, 1.165) is 31.0 Å². The molecule has 1 aliphatic rings. The van der Waals surface area contributed by atoms with Gasteiger partial charge in [0.05, 0.1) is 0 Å². The van der Waals surface area contributed by atoms with E-state index in [1.54, 1.807) is 0 Å². The molecule has 0 saturated carbocycles. The SMILES string of the molecule is CNCCc1nc(C)cc(C2CCN(C)C2)n1. The molecule has 4 heteroatoms. The predicted octanol–water partition coefficient (Wildman–Crippen LogP) is 0.966. The molecule has 0 aliphatic carbocycles. The zero-order valence-electron chi connectivity index (χ0n) is 11.0. The Balaban J connectivity index is 2.13. The van der Waals surface area contributed by atoms with Crippen molar-refractivity contribution < 1.29 is 0 Å². The van der Waals surface area contributed by atoms with E-state index in [4.69, 9.17) is 4.98 Å². The van der Waals surface area contributed by atoms with Gasteiger partial charge in [-0.15, -0.1) is 0 Å². The average Bonchev–Trinajstić information content (AvgIpc) is 2.72. The molecule has 1 aromatic rings. The van der Waals surface area contributed by atoms with Crippen LogP contribution in [0.4, 0.5) is 0 Å². The maximum Gasteiger partial charge on any atom is 0.130 e. The molecule has 2 heterocycles. The van der Waals surface area contributed by atoms with Crippen LogP contribution in [0.25, 0.3) is 0 Å². The molecule has 1 saturated heterocycles. The van der Waals surface area contributed by atoms with Gasteiger partial charge in [0, 0.05) is 36.8 Å². The Labute approximate surface area is 103 Å². The van der Waals surface area contributed by atoms with Gasteiger partial charge >= 0.3 is 0 Å². The van der Waals surface area contributed by atoms with Gasteiger partial charge < -0.3 is 10.2 Å². The highest BCUT2D eigenvalue weighted by atomic mass is 15.1. The molecule has 1 aromatic heterocycles. The molecule has 0 radical (unpaired) electrons. The number of rotatable bonds is 4. The second-order valence-electron chi connectivity index (χ2n) is 4.95. The van der Waals surface area contributed by atoms with Crippen molar-refractivity contribution in [3.63, 3.8) is 0 Å². The largest absolute Gasteiger partial charge is 0.319 e. The number of likely N-dealkylation sites (N-methyl/N-ethyl adjacent to an activating group) is 2. The summed E-state index contributed by atoms with van der Waals surface area (Å²) in [5, 5.41) is 3.14. The number of likely N-dealkylation sites (tertiary alicyclic amines) is 1. The van der Waals surface area contributed by atoms with E-state index in [-0.39, 0.29) is 0 Å². The van der Waals surface area contributed by atoms with Gasteiger partial charge in [-0.25, -0.2) is 9.97 Å². The number of hydrogen-bond acceptors (Lipinski definition) is 4. The lowest BCUT2D eigenvalue weighted by Crippen LogP contribution is -2.16. The van der Waals surface area contributed by atoms with Gasteiger partial charge in [-0.05, 0) is 40.1 Å². The Hall–Kier alpha value is -1.00. The molecular weight excluding hydrogens is 212 g/mol. The van der Waals surface area contributed by atoms with Crippen LogP contribution in [0.2, 0.25) is 0 Å². The van der Waals surface area contributed by atoms with Crippen LogP contribution in [-0.4, -0.2) is 48.6 Å². The van der Waals surface area contributed by atoms with Gasteiger partial charge in [0.2, 0.25) is 0 Å². The number of nitrogens with zero attached hydrogens (tertiary/aromatic N) is 3. The molecule has 1 fully saturated rings. The van der Waals surface area contributed by atoms with Crippen molar-refractivity contribution in [3.05, 3.63) is 23.3 Å². The highest BCUT2D eigenvalue weighted by molar-refractivity contribution is 5.16. The van der Waals surface area contributed by atoms with Gasteiger partial charge in [0.1, 0.15) is 5.82 Å². The first-order valence-corrected chi connectivity index (χ1v) is 6.36. The molecule has 0 bridgehead atoms. The summed E-state index contributed by atoms with van der Waals surface area (Å²) in [7, 11) is 4.14. The van der Waals surface area contributed by atoms with Crippen molar-refractivity contribution in [2.24, 2.45) is 0 Å². The predicted molar refractivity (Wildman–Crippen MR) is 69.3 cm³/mol. The van der Waals surface area contributed by atoms with E-state index in [1.807, 2.05) is 7.05 Å². The van der Waals surface area contributed by atoms with Crippen molar-refractivity contribution in [1.29, 1.82) is 0 Å². The summed E-state index contributed by atoms with van der Waals surface area (Å²) < 4.78 is 0. The zero-order chi connectivity index (χ0) is 12.3. The minimum absolute atomic E-state index is 0.593. The lowest BCUT2D eigenvalue weighted by Gasteiger charge is -2.12. The summed E-state index contributed by atoms with van der Waals surface area (Å²) in [6.45, 7) is 5.31. The maximum atomic E-state index is 4.71. The highest BCUT2D eigenvalue weighted by Gasteiger charge is 2.22. The number of nitrogens with one attached hydrogen (secondary N) is 1. The Morgan fingerprint density at radius 2 is 2.29 bits per heavy atom. The molecule has 94 valence electrons. The van der Waals surface area contributed by atoms with E-state index >= 15 is 0 Å². The van der Waals surface area contributed by atoms with Crippen molar-refractivity contribution in [2.45, 2.75) is 25.7 Å². The van der Waals surface area contributed by atoms with Gasteiger partial charge in [0.25, 0.3) is 0 Å². The molecule has 4 nitrogen and oxygen atoms in total. The molecule has 1 N–H and O–H groups in total. The number of hydrogen-bond donors (Lipinski definition) is 1. The Kier molecular flexibility index (Phi) is 4.07. The second kappa shape index (κ2) is 5.56. The fourth-order valence-corrected chi connectivity index (χ4v) is 2.39. The van der Waals surface area contributed by atoms with E-state index in [0.29, 0.717) is 5.92 Å². The lowest BCUT2D eigenvalue weighted by atomic mass is 10.0. The minimum Gasteiger partial charge on any atom is -0.319 e. The Morgan fingerprint density at radius 1 is 1.47 bits per heavy atom. The standard InChI is InChI=1S/C13H22N4/c1-10-8-12(11-5-7-17(3)9-11)16-13(15-10)4-6-14-2/h8,11,14H,4-7,9H2,1-3H3. The van der Waals surface area contributed by atoms with Crippen LogP contribution in [0.1, 0.15) is 29.6 Å². The molecular formula is C13H22N4. The first-order valence-electron chi connectivity index (χ1n) is 6.36. The normalized spacial score (nSPS) is 21.0. The highest BCUT2D eigenvalue weighted by Crippen LogP contribution is 2.25. The van der Waals surface area contributed by atoms with Gasteiger partial charge in [-0.3, -0.25) is 0 Å². The first kappa shape index (κ1) is 12.5. The van der Waals surface area contributed by atoms with E-state index in [2.05, 4.69) is 35.2 Å². The summed E-state index contributed by atoms with van der Waals surface area (Å²) in [5.41, 5.74) is 2.32. The molecule has 0 amide bonds. The third-order valence-corrected chi connectivity index (χ3v) is 3.33. The third kappa shape index (κ3) is 3.23. The molecule has 0 spiro atoms. The van der Waals surface area contributed by atoms with Crippen molar-refractivity contribution in [3.8, 4) is 0 Å². The van der Waals surface area contributed by atoms with Crippen LogP contribution in [0.5, 0.6) is 0 Å². The molecule has 1 unspecified atom stereocenters. The molecule has 17 heavy (non-hydrogen) atoms. The lowest BCUT2D eigenvalue weighted by molar-refractivity contribution is 0.410. The third-order valence-electron chi connectivity index (χ3n) is 3.33. The van der Waals surface area contributed by atoms with E-state index in [9.17, 15) is 0 Å². The summed E-state index contributed by atoms with van der Waals surface area (Å²) in [6, 6.07) is 2.15. The van der Waals surface area contributed by atoms with Crippen molar-refractivity contribution in [2.75, 3.05) is 33.7 Å². The fourth-order valence-electron chi connectivity index (χ4n) is 2.39. The number of aromatic nitrogens is 2. The van der Waals surface area contributed by atoms with Crippen molar-refractivity contribution in [1.82, 2.24) is 20.2 Å². The fraction of sp³-hybridized carbons (Fsp3) is 0.692. The Bertz CT molecular complexity index is 378. The molecule has 0 aromatic carbocycles. The van der Waals surface area contributed by atoms with Crippen molar-refractivity contribution >= 4 is 0 Å². The zero-order valence-corrected chi connectivity index (χ0v) is 11.0. The van der Waals surface area contributed by atoms with Crippen LogP contribution in [0.3, 0.4) is 0 Å². The van der Waals surface area contributed by atoms with Crippen LogP contribution in [0, 0.1) is 6.92 Å².